The monoisotopic (exact) mass is 208 g/mol. The minimum Gasteiger partial charge on any atom is -0.490 e. The normalized spacial score (nSPS) is 19.2. The Morgan fingerprint density at radius 2 is 2.40 bits per heavy atom. The van der Waals surface area contributed by atoms with Crippen LogP contribution in [0.15, 0.2) is 18.2 Å². The largest absolute Gasteiger partial charge is 0.490 e. The molecular formula is C12H16O3. The Labute approximate surface area is 89.6 Å². The van der Waals surface area contributed by atoms with E-state index in [4.69, 9.17) is 9.47 Å². The maximum atomic E-state index is 9.78. The van der Waals surface area contributed by atoms with Crippen LogP contribution < -0.4 is 9.47 Å². The average Bonchev–Trinajstić information content (AvgIpc) is 2.27. The Balaban J connectivity index is 2.27. The lowest BCUT2D eigenvalue weighted by Crippen LogP contribution is -2.14. The van der Waals surface area contributed by atoms with E-state index in [1.165, 1.54) is 0 Å². The molecule has 1 atom stereocenters. The van der Waals surface area contributed by atoms with E-state index in [9.17, 15) is 5.11 Å². The van der Waals surface area contributed by atoms with Crippen LogP contribution in [0.1, 0.15) is 31.4 Å². The second-order valence-corrected chi connectivity index (χ2v) is 3.68. The fourth-order valence-corrected chi connectivity index (χ4v) is 1.70. The van der Waals surface area contributed by atoms with Gasteiger partial charge in [0.25, 0.3) is 0 Å². The van der Waals surface area contributed by atoms with E-state index in [0.717, 1.165) is 17.7 Å². The van der Waals surface area contributed by atoms with Crippen molar-refractivity contribution in [3.8, 4) is 11.5 Å². The van der Waals surface area contributed by atoms with Crippen LogP contribution in [0.5, 0.6) is 11.5 Å². The topological polar surface area (TPSA) is 38.7 Å². The summed E-state index contributed by atoms with van der Waals surface area (Å²) in [5.74, 6) is 1.46. The van der Waals surface area contributed by atoms with Gasteiger partial charge in [-0.3, -0.25) is 0 Å². The van der Waals surface area contributed by atoms with Gasteiger partial charge in [-0.25, -0.2) is 0 Å². The van der Waals surface area contributed by atoms with Gasteiger partial charge < -0.3 is 14.6 Å². The van der Waals surface area contributed by atoms with Crippen LogP contribution >= 0.6 is 0 Å². The van der Waals surface area contributed by atoms with E-state index in [1.54, 1.807) is 0 Å². The van der Waals surface area contributed by atoms with Gasteiger partial charge in [0.1, 0.15) is 0 Å². The van der Waals surface area contributed by atoms with Crippen LogP contribution in [0.2, 0.25) is 0 Å². The lowest BCUT2D eigenvalue weighted by molar-refractivity contribution is 0.112. The van der Waals surface area contributed by atoms with Crippen molar-refractivity contribution in [1.82, 2.24) is 0 Å². The molecule has 1 aliphatic rings. The SMILES string of the molecule is CCCOc1cccc2c1OCCC2O. The number of hydrogen-bond acceptors (Lipinski definition) is 3. The van der Waals surface area contributed by atoms with Gasteiger partial charge >= 0.3 is 0 Å². The number of hydrogen-bond donors (Lipinski definition) is 1. The molecule has 1 aromatic carbocycles. The molecule has 1 heterocycles. The number of ether oxygens (including phenoxy) is 2. The molecule has 3 nitrogen and oxygen atoms in total. The van der Waals surface area contributed by atoms with Crippen molar-refractivity contribution in [3.05, 3.63) is 23.8 Å². The van der Waals surface area contributed by atoms with E-state index < -0.39 is 6.10 Å². The molecule has 0 aromatic heterocycles. The Bertz CT molecular complexity index is 336. The Morgan fingerprint density at radius 1 is 1.53 bits per heavy atom. The molecule has 0 spiro atoms. The molecule has 0 amide bonds. The number of benzene rings is 1. The summed E-state index contributed by atoms with van der Waals surface area (Å²) in [6, 6.07) is 5.66. The van der Waals surface area contributed by atoms with Crippen LogP contribution in [0, 0.1) is 0 Å². The molecule has 0 fully saturated rings. The van der Waals surface area contributed by atoms with Crippen molar-refractivity contribution < 1.29 is 14.6 Å². The van der Waals surface area contributed by atoms with E-state index in [0.29, 0.717) is 25.4 Å². The molecule has 0 aliphatic carbocycles. The second-order valence-electron chi connectivity index (χ2n) is 3.68. The van der Waals surface area contributed by atoms with Gasteiger partial charge in [-0.2, -0.15) is 0 Å². The minimum absolute atomic E-state index is 0.418. The van der Waals surface area contributed by atoms with Crippen molar-refractivity contribution in [2.75, 3.05) is 13.2 Å². The van der Waals surface area contributed by atoms with Gasteiger partial charge in [-0.15, -0.1) is 0 Å². The fraction of sp³-hybridized carbons (Fsp3) is 0.500. The van der Waals surface area contributed by atoms with E-state index in [-0.39, 0.29) is 0 Å². The molecule has 0 saturated heterocycles. The second kappa shape index (κ2) is 4.53. The van der Waals surface area contributed by atoms with E-state index in [1.807, 2.05) is 18.2 Å². The Morgan fingerprint density at radius 3 is 3.20 bits per heavy atom. The van der Waals surface area contributed by atoms with Crippen molar-refractivity contribution in [3.63, 3.8) is 0 Å². The minimum atomic E-state index is -0.418. The standard InChI is InChI=1S/C12H16O3/c1-2-7-14-11-5-3-4-9-10(13)6-8-15-12(9)11/h3-5,10,13H,2,6-8H2,1H3. The first-order valence-electron chi connectivity index (χ1n) is 5.39. The first kappa shape index (κ1) is 10.3. The van der Waals surface area contributed by atoms with Crippen LogP contribution in [-0.2, 0) is 0 Å². The summed E-state index contributed by atoms with van der Waals surface area (Å²) < 4.78 is 11.1. The average molecular weight is 208 g/mol. The summed E-state index contributed by atoms with van der Waals surface area (Å²) in [6.45, 7) is 3.29. The fourth-order valence-electron chi connectivity index (χ4n) is 1.70. The summed E-state index contributed by atoms with van der Waals surface area (Å²) in [6.07, 6.45) is 1.20. The molecular weight excluding hydrogens is 192 g/mol. The first-order chi connectivity index (χ1) is 7.33. The maximum Gasteiger partial charge on any atom is 0.166 e. The van der Waals surface area contributed by atoms with Crippen LogP contribution in [0.4, 0.5) is 0 Å². The summed E-state index contributed by atoms with van der Waals surface area (Å²) >= 11 is 0. The molecule has 1 unspecified atom stereocenters. The smallest absolute Gasteiger partial charge is 0.166 e. The number of rotatable bonds is 3. The summed E-state index contributed by atoms with van der Waals surface area (Å²) in [7, 11) is 0. The first-order valence-corrected chi connectivity index (χ1v) is 5.39. The predicted octanol–water partition coefficient (Wildman–Crippen LogP) is 2.29. The molecule has 15 heavy (non-hydrogen) atoms. The lowest BCUT2D eigenvalue weighted by atomic mass is 10.0. The molecule has 3 heteroatoms. The lowest BCUT2D eigenvalue weighted by Gasteiger charge is -2.24. The van der Waals surface area contributed by atoms with Gasteiger partial charge in [0, 0.05) is 12.0 Å². The third-order valence-corrected chi connectivity index (χ3v) is 2.47. The Kier molecular flexibility index (Phi) is 3.11. The number of aliphatic hydroxyl groups is 1. The molecule has 82 valence electrons. The zero-order chi connectivity index (χ0) is 10.7. The highest BCUT2D eigenvalue weighted by atomic mass is 16.5. The van der Waals surface area contributed by atoms with Gasteiger partial charge in [0.05, 0.1) is 19.3 Å². The van der Waals surface area contributed by atoms with Crippen molar-refractivity contribution in [1.29, 1.82) is 0 Å². The van der Waals surface area contributed by atoms with Crippen molar-refractivity contribution in [2.24, 2.45) is 0 Å². The van der Waals surface area contributed by atoms with Crippen molar-refractivity contribution >= 4 is 0 Å². The zero-order valence-corrected chi connectivity index (χ0v) is 8.90. The molecule has 1 N–H and O–H groups in total. The molecule has 1 aromatic rings. The summed E-state index contributed by atoms with van der Waals surface area (Å²) in [5, 5.41) is 9.78. The summed E-state index contributed by atoms with van der Waals surface area (Å²) in [4.78, 5) is 0. The van der Waals surface area contributed by atoms with Crippen molar-refractivity contribution in [2.45, 2.75) is 25.9 Å². The van der Waals surface area contributed by atoms with Gasteiger partial charge in [-0.1, -0.05) is 19.1 Å². The van der Waals surface area contributed by atoms with Gasteiger partial charge in [0.15, 0.2) is 11.5 Å². The predicted molar refractivity (Wildman–Crippen MR) is 57.3 cm³/mol. The van der Waals surface area contributed by atoms with Crippen LogP contribution in [0.3, 0.4) is 0 Å². The Hall–Kier alpha value is -1.22. The highest BCUT2D eigenvalue weighted by molar-refractivity contribution is 5.48. The maximum absolute atomic E-state index is 9.78. The third-order valence-electron chi connectivity index (χ3n) is 2.47. The molecule has 2 rings (SSSR count). The molecule has 0 saturated carbocycles. The highest BCUT2D eigenvalue weighted by Gasteiger charge is 2.22. The molecule has 0 radical (unpaired) electrons. The van der Waals surface area contributed by atoms with E-state index >= 15 is 0 Å². The third kappa shape index (κ3) is 2.07. The molecule has 0 bridgehead atoms. The number of fused-ring (bicyclic) bond motifs is 1. The number of aliphatic hydroxyl groups excluding tert-OH is 1. The molecule has 1 aliphatic heterocycles. The summed E-state index contributed by atoms with van der Waals surface area (Å²) in [5.41, 5.74) is 0.842. The van der Waals surface area contributed by atoms with Gasteiger partial charge in [-0.05, 0) is 12.5 Å². The quantitative estimate of drug-likeness (QED) is 0.828. The van der Waals surface area contributed by atoms with Gasteiger partial charge in [0.2, 0.25) is 0 Å². The van der Waals surface area contributed by atoms with E-state index in [2.05, 4.69) is 6.92 Å². The van der Waals surface area contributed by atoms with Crippen LogP contribution in [-0.4, -0.2) is 18.3 Å². The number of para-hydroxylation sites is 1. The highest BCUT2D eigenvalue weighted by Crippen LogP contribution is 2.39. The zero-order valence-electron chi connectivity index (χ0n) is 8.90. The van der Waals surface area contributed by atoms with Crippen LogP contribution in [0.25, 0.3) is 0 Å².